The van der Waals surface area contributed by atoms with Crippen LogP contribution in [0.3, 0.4) is 0 Å². The lowest BCUT2D eigenvalue weighted by atomic mass is 9.56. The molecule has 12 heavy (non-hydrogen) atoms. The van der Waals surface area contributed by atoms with Gasteiger partial charge in [-0.15, -0.1) is 0 Å². The Morgan fingerprint density at radius 1 is 1.00 bits per heavy atom. The van der Waals surface area contributed by atoms with Crippen LogP contribution in [-0.4, -0.2) is 18.6 Å². The predicted molar refractivity (Wildman–Crippen MR) is 54.4 cm³/mol. The van der Waals surface area contributed by atoms with Crippen molar-refractivity contribution in [3.05, 3.63) is 0 Å². The highest BCUT2D eigenvalue weighted by Crippen LogP contribution is 2.48. The summed E-state index contributed by atoms with van der Waals surface area (Å²) in [5, 5.41) is 9.96. The van der Waals surface area contributed by atoms with Crippen molar-refractivity contribution in [2.24, 2.45) is 10.8 Å². The van der Waals surface area contributed by atoms with Gasteiger partial charge in [0.1, 0.15) is 0 Å². The van der Waals surface area contributed by atoms with E-state index in [0.717, 1.165) is 0 Å². The molecule has 0 aliphatic heterocycles. The molecule has 0 heterocycles. The average Bonchev–Trinajstić information content (AvgIpc) is 1.85. The van der Waals surface area contributed by atoms with E-state index in [-0.39, 0.29) is 10.8 Å². The Kier molecular flexibility index (Phi) is 3.07. The van der Waals surface area contributed by atoms with Crippen LogP contribution in [0.25, 0.3) is 0 Å². The predicted octanol–water partition coefficient (Wildman–Crippen LogP) is 2.40. The van der Waals surface area contributed by atoms with Crippen molar-refractivity contribution in [2.45, 2.75) is 53.5 Å². The van der Waals surface area contributed by atoms with E-state index in [1.165, 1.54) is 0 Å². The molecule has 2 heteroatoms. The molecule has 0 atom stereocenters. The van der Waals surface area contributed by atoms with Crippen LogP contribution in [0.2, 0.25) is 6.32 Å². The van der Waals surface area contributed by atoms with E-state index >= 15 is 0 Å². The maximum atomic E-state index is 9.96. The molecular formula is C10H21BO. The number of rotatable bonds is 3. The van der Waals surface area contributed by atoms with Gasteiger partial charge in [-0.05, 0) is 24.7 Å². The summed E-state index contributed by atoms with van der Waals surface area (Å²) in [7, 11) is 5.68. The highest BCUT2D eigenvalue weighted by atomic mass is 16.3. The third kappa shape index (κ3) is 1.85. The van der Waals surface area contributed by atoms with E-state index in [1.54, 1.807) is 0 Å². The summed E-state index contributed by atoms with van der Waals surface area (Å²) >= 11 is 0. The van der Waals surface area contributed by atoms with E-state index in [0.29, 0.717) is 6.32 Å². The second-order valence-corrected chi connectivity index (χ2v) is 5.27. The first-order valence-electron chi connectivity index (χ1n) is 4.49. The molecule has 0 aromatic carbocycles. The van der Waals surface area contributed by atoms with E-state index in [2.05, 4.69) is 27.7 Å². The van der Waals surface area contributed by atoms with Crippen LogP contribution in [-0.2, 0) is 0 Å². The SMILES string of the molecule is [B]CC(C)(C)C(C)(C)C(C)(C)O. The van der Waals surface area contributed by atoms with Gasteiger partial charge in [0.05, 0.1) is 13.4 Å². The summed E-state index contributed by atoms with van der Waals surface area (Å²) in [6, 6.07) is 0. The lowest BCUT2D eigenvalue weighted by Crippen LogP contribution is -2.48. The van der Waals surface area contributed by atoms with Crippen LogP contribution in [0, 0.1) is 10.8 Å². The molecule has 0 aromatic heterocycles. The normalized spacial score (nSPS) is 14.9. The fraction of sp³-hybridized carbons (Fsp3) is 1.00. The molecular weight excluding hydrogens is 147 g/mol. The first-order chi connectivity index (χ1) is 5.06. The molecule has 2 radical (unpaired) electrons. The first kappa shape index (κ1) is 12.0. The Morgan fingerprint density at radius 2 is 1.33 bits per heavy atom. The van der Waals surface area contributed by atoms with Crippen molar-refractivity contribution in [1.82, 2.24) is 0 Å². The highest BCUT2D eigenvalue weighted by molar-refractivity contribution is 6.09. The van der Waals surface area contributed by atoms with Gasteiger partial charge in [0.25, 0.3) is 0 Å². The third-order valence-corrected chi connectivity index (χ3v) is 3.73. The Balaban J connectivity index is 4.85. The smallest absolute Gasteiger partial charge is 0.0660 e. The summed E-state index contributed by atoms with van der Waals surface area (Å²) < 4.78 is 0. The summed E-state index contributed by atoms with van der Waals surface area (Å²) in [4.78, 5) is 0. The zero-order valence-electron chi connectivity index (χ0n) is 9.23. The largest absolute Gasteiger partial charge is 0.390 e. The van der Waals surface area contributed by atoms with E-state index in [4.69, 9.17) is 7.85 Å². The molecule has 0 bridgehead atoms. The van der Waals surface area contributed by atoms with Crippen LogP contribution in [0.4, 0.5) is 0 Å². The summed E-state index contributed by atoms with van der Waals surface area (Å²) in [6.45, 7) is 12.0. The Labute approximate surface area is 78.0 Å². The number of hydrogen-bond donors (Lipinski definition) is 1. The molecule has 0 fully saturated rings. The molecule has 0 saturated carbocycles. The molecule has 0 unspecified atom stereocenters. The quantitative estimate of drug-likeness (QED) is 0.641. The standard InChI is InChI=1S/C10H21BO/c1-8(2,7-11)9(3,4)10(5,6)12/h12H,7H2,1-6H3. The minimum atomic E-state index is -0.699. The molecule has 0 saturated heterocycles. The molecule has 0 aliphatic rings. The Morgan fingerprint density at radius 3 is 1.42 bits per heavy atom. The topological polar surface area (TPSA) is 20.2 Å². The van der Waals surface area contributed by atoms with Crippen LogP contribution in [0.15, 0.2) is 0 Å². The van der Waals surface area contributed by atoms with Gasteiger partial charge >= 0.3 is 0 Å². The number of hydrogen-bond acceptors (Lipinski definition) is 1. The monoisotopic (exact) mass is 168 g/mol. The average molecular weight is 168 g/mol. The second kappa shape index (κ2) is 3.06. The molecule has 0 amide bonds. The fourth-order valence-electron chi connectivity index (χ4n) is 1.08. The lowest BCUT2D eigenvalue weighted by Gasteiger charge is -2.49. The molecule has 0 aromatic rings. The number of aliphatic hydroxyl groups is 1. The molecule has 0 aliphatic carbocycles. The van der Waals surface area contributed by atoms with Crippen molar-refractivity contribution in [3.8, 4) is 0 Å². The van der Waals surface area contributed by atoms with Gasteiger partial charge in [-0.25, -0.2) is 0 Å². The van der Waals surface area contributed by atoms with Crippen molar-refractivity contribution in [2.75, 3.05) is 0 Å². The molecule has 0 spiro atoms. The first-order valence-corrected chi connectivity index (χ1v) is 4.49. The Bertz CT molecular complexity index is 154. The van der Waals surface area contributed by atoms with Gasteiger partial charge in [-0.3, -0.25) is 0 Å². The van der Waals surface area contributed by atoms with E-state index < -0.39 is 5.60 Å². The van der Waals surface area contributed by atoms with Gasteiger partial charge in [0, 0.05) is 0 Å². The van der Waals surface area contributed by atoms with Crippen LogP contribution in [0.5, 0.6) is 0 Å². The Hall–Kier alpha value is 0.0249. The third-order valence-electron chi connectivity index (χ3n) is 3.73. The summed E-state index contributed by atoms with van der Waals surface area (Å²) in [6.07, 6.45) is 0.587. The van der Waals surface area contributed by atoms with Gasteiger partial charge in [-0.1, -0.05) is 34.0 Å². The van der Waals surface area contributed by atoms with Crippen molar-refractivity contribution in [1.29, 1.82) is 0 Å². The maximum Gasteiger partial charge on any atom is 0.0660 e. The van der Waals surface area contributed by atoms with Gasteiger partial charge < -0.3 is 5.11 Å². The van der Waals surface area contributed by atoms with Gasteiger partial charge in [0.2, 0.25) is 0 Å². The summed E-state index contributed by atoms with van der Waals surface area (Å²) in [5.74, 6) is 0. The molecule has 1 N–H and O–H groups in total. The highest BCUT2D eigenvalue weighted by Gasteiger charge is 2.45. The molecule has 1 nitrogen and oxygen atoms in total. The fourth-order valence-corrected chi connectivity index (χ4v) is 1.08. The van der Waals surface area contributed by atoms with Crippen LogP contribution in [0.1, 0.15) is 41.5 Å². The van der Waals surface area contributed by atoms with Crippen LogP contribution >= 0.6 is 0 Å². The van der Waals surface area contributed by atoms with Crippen molar-refractivity contribution in [3.63, 3.8) is 0 Å². The maximum absolute atomic E-state index is 9.96. The minimum Gasteiger partial charge on any atom is -0.390 e. The molecule has 0 rings (SSSR count). The van der Waals surface area contributed by atoms with E-state index in [9.17, 15) is 5.11 Å². The van der Waals surface area contributed by atoms with E-state index in [1.807, 2.05) is 13.8 Å². The van der Waals surface area contributed by atoms with Gasteiger partial charge in [-0.2, -0.15) is 0 Å². The van der Waals surface area contributed by atoms with Crippen molar-refractivity contribution >= 4 is 7.85 Å². The minimum absolute atomic E-state index is 0.0503. The lowest BCUT2D eigenvalue weighted by molar-refractivity contribution is -0.0939. The zero-order chi connectivity index (χ0) is 10.2. The van der Waals surface area contributed by atoms with Gasteiger partial charge in [0.15, 0.2) is 0 Å². The summed E-state index contributed by atoms with van der Waals surface area (Å²) in [5.41, 5.74) is -0.935. The van der Waals surface area contributed by atoms with Crippen molar-refractivity contribution < 1.29 is 5.11 Å². The molecule has 70 valence electrons. The zero-order valence-corrected chi connectivity index (χ0v) is 9.23. The van der Waals surface area contributed by atoms with Crippen LogP contribution < -0.4 is 0 Å². The second-order valence-electron chi connectivity index (χ2n) is 5.27.